The summed E-state index contributed by atoms with van der Waals surface area (Å²) in [6.07, 6.45) is 4.02. The van der Waals surface area contributed by atoms with Crippen LogP contribution in [0.1, 0.15) is 46.5 Å². The van der Waals surface area contributed by atoms with Crippen LogP contribution in [0.3, 0.4) is 0 Å². The Morgan fingerprint density at radius 2 is 1.89 bits per heavy atom. The molecule has 0 aromatic heterocycles. The minimum atomic E-state index is -0.859. The molecule has 0 bridgehead atoms. The van der Waals surface area contributed by atoms with Gasteiger partial charge in [-0.15, -0.1) is 0 Å². The minimum Gasteiger partial charge on any atom is -0.465 e. The van der Waals surface area contributed by atoms with E-state index in [1.807, 2.05) is 27.0 Å². The monoisotopic (exact) mass is 275 g/mol. The van der Waals surface area contributed by atoms with Crippen molar-refractivity contribution in [2.45, 2.75) is 63.6 Å². The van der Waals surface area contributed by atoms with Gasteiger partial charge in [0.05, 0.1) is 5.60 Å². The Morgan fingerprint density at radius 3 is 2.22 bits per heavy atom. The molecule has 0 unspecified atom stereocenters. The number of carbonyl (C=O) groups is 1. The van der Waals surface area contributed by atoms with Gasteiger partial charge in [-0.1, -0.05) is 0 Å². The van der Waals surface area contributed by atoms with E-state index in [1.165, 1.54) is 0 Å². The third-order valence-electron chi connectivity index (χ3n) is 3.59. The lowest BCUT2D eigenvalue weighted by molar-refractivity contribution is -0.0152. The van der Waals surface area contributed by atoms with Crippen molar-refractivity contribution in [1.82, 2.24) is 4.90 Å². The molecule has 0 spiro atoms. The zero-order valence-electron chi connectivity index (χ0n) is 11.8. The lowest BCUT2D eigenvalue weighted by atomic mass is 9.82. The maximum Gasteiger partial charge on any atom is 0.407 e. The van der Waals surface area contributed by atoms with Gasteiger partial charge in [-0.05, 0) is 52.7 Å². The second-order valence-electron chi connectivity index (χ2n) is 6.21. The van der Waals surface area contributed by atoms with Crippen LogP contribution >= 0.6 is 11.8 Å². The second kappa shape index (κ2) is 5.70. The summed E-state index contributed by atoms with van der Waals surface area (Å²) in [7, 11) is 0. The van der Waals surface area contributed by atoms with Crippen molar-refractivity contribution in [3.63, 3.8) is 0 Å². The molecule has 1 saturated carbocycles. The van der Waals surface area contributed by atoms with E-state index in [1.54, 1.807) is 16.7 Å². The van der Waals surface area contributed by atoms with E-state index in [9.17, 15) is 15.0 Å². The average molecular weight is 275 g/mol. The molecular weight excluding hydrogens is 250 g/mol. The van der Waals surface area contributed by atoms with Crippen LogP contribution < -0.4 is 0 Å². The van der Waals surface area contributed by atoms with E-state index in [0.717, 1.165) is 18.6 Å². The van der Waals surface area contributed by atoms with Crippen LogP contribution in [0.15, 0.2) is 0 Å². The summed E-state index contributed by atoms with van der Waals surface area (Å²) in [5.41, 5.74) is -0.983. The van der Waals surface area contributed by atoms with Crippen molar-refractivity contribution in [2.24, 2.45) is 0 Å². The van der Waals surface area contributed by atoms with Crippen molar-refractivity contribution in [2.75, 3.05) is 12.0 Å². The van der Waals surface area contributed by atoms with Crippen LogP contribution in [0.5, 0.6) is 0 Å². The van der Waals surface area contributed by atoms with Gasteiger partial charge in [0.25, 0.3) is 0 Å². The smallest absolute Gasteiger partial charge is 0.407 e. The maximum absolute atomic E-state index is 11.4. The molecular formula is C13H25NO3S. The Bertz CT molecular complexity index is 293. The van der Waals surface area contributed by atoms with Gasteiger partial charge in [0.2, 0.25) is 0 Å². The number of aliphatic hydroxyl groups is 1. The van der Waals surface area contributed by atoms with Gasteiger partial charge in [0.15, 0.2) is 0 Å². The summed E-state index contributed by atoms with van der Waals surface area (Å²) in [5.74, 6) is 0.738. The van der Waals surface area contributed by atoms with Crippen molar-refractivity contribution < 1.29 is 15.0 Å². The Balaban J connectivity index is 2.68. The molecule has 2 N–H and O–H groups in total. The lowest BCUT2D eigenvalue weighted by Crippen LogP contribution is -2.54. The highest BCUT2D eigenvalue weighted by atomic mass is 32.2. The fraction of sp³-hybridized carbons (Fsp3) is 0.923. The molecule has 0 heterocycles. The highest BCUT2D eigenvalue weighted by Crippen LogP contribution is 2.35. The number of hydrogen-bond donors (Lipinski definition) is 2. The average Bonchev–Trinajstić information content (AvgIpc) is 2.19. The zero-order chi connectivity index (χ0) is 14.0. The van der Waals surface area contributed by atoms with Crippen LogP contribution in [0.25, 0.3) is 0 Å². The van der Waals surface area contributed by atoms with E-state index < -0.39 is 11.7 Å². The first-order valence-electron chi connectivity index (χ1n) is 6.43. The topological polar surface area (TPSA) is 60.8 Å². The molecule has 18 heavy (non-hydrogen) atoms. The molecule has 1 rings (SSSR count). The van der Waals surface area contributed by atoms with Crippen LogP contribution in [-0.2, 0) is 0 Å². The van der Waals surface area contributed by atoms with Crippen LogP contribution in [0.4, 0.5) is 4.79 Å². The maximum atomic E-state index is 11.4. The Labute approximate surface area is 114 Å². The summed E-state index contributed by atoms with van der Waals surface area (Å²) in [6, 6.07) is 0.0321. The molecule has 1 fully saturated rings. The largest absolute Gasteiger partial charge is 0.465 e. The lowest BCUT2D eigenvalue weighted by Gasteiger charge is -2.44. The molecule has 4 nitrogen and oxygen atoms in total. The Kier molecular flexibility index (Phi) is 4.95. The fourth-order valence-corrected chi connectivity index (χ4v) is 3.63. The van der Waals surface area contributed by atoms with E-state index in [-0.39, 0.29) is 11.6 Å². The van der Waals surface area contributed by atoms with Crippen LogP contribution in [0, 0.1) is 0 Å². The summed E-state index contributed by atoms with van der Waals surface area (Å²) in [6.45, 7) is 5.76. The number of carboxylic acid groups (broad SMARTS) is 1. The zero-order valence-corrected chi connectivity index (χ0v) is 12.6. The molecule has 0 saturated heterocycles. The highest BCUT2D eigenvalue weighted by Gasteiger charge is 2.39. The van der Waals surface area contributed by atoms with E-state index in [4.69, 9.17) is 0 Å². The first-order chi connectivity index (χ1) is 8.19. The fourth-order valence-electron chi connectivity index (χ4n) is 2.80. The van der Waals surface area contributed by atoms with Gasteiger partial charge in [0.1, 0.15) is 0 Å². The first kappa shape index (κ1) is 15.6. The van der Waals surface area contributed by atoms with E-state index >= 15 is 0 Å². The molecule has 106 valence electrons. The summed E-state index contributed by atoms with van der Waals surface area (Å²) >= 11 is 1.65. The molecule has 1 amide bonds. The van der Waals surface area contributed by atoms with Crippen molar-refractivity contribution >= 4 is 17.9 Å². The van der Waals surface area contributed by atoms with E-state index in [2.05, 4.69) is 0 Å². The second-order valence-corrected chi connectivity index (χ2v) is 7.08. The standard InChI is InChI=1S/C13H25NO3S/c1-12(2,3)14(11(15)16)10-5-7-13(17,8-6-10)9-18-4/h10,17H,5-9H2,1-4H3,(H,15,16)/t10-,13+. The first-order valence-corrected chi connectivity index (χ1v) is 7.82. The van der Waals surface area contributed by atoms with Gasteiger partial charge < -0.3 is 15.1 Å². The molecule has 0 radical (unpaired) electrons. The van der Waals surface area contributed by atoms with E-state index in [0.29, 0.717) is 12.8 Å². The molecule has 1 aliphatic rings. The number of nitrogens with zero attached hydrogens (tertiary/aromatic N) is 1. The van der Waals surface area contributed by atoms with Gasteiger partial charge in [0, 0.05) is 17.3 Å². The third kappa shape index (κ3) is 3.79. The van der Waals surface area contributed by atoms with Crippen molar-refractivity contribution in [3.05, 3.63) is 0 Å². The quantitative estimate of drug-likeness (QED) is 0.831. The molecule has 0 aromatic rings. The SMILES string of the molecule is CSC[C@]1(O)CC[C@@H](N(C(=O)O)C(C)(C)C)CC1. The summed E-state index contributed by atoms with van der Waals surface area (Å²) < 4.78 is 0. The van der Waals surface area contributed by atoms with Gasteiger partial charge in [-0.2, -0.15) is 11.8 Å². The molecule has 5 heteroatoms. The third-order valence-corrected chi connectivity index (χ3v) is 4.42. The van der Waals surface area contributed by atoms with Gasteiger partial charge >= 0.3 is 6.09 Å². The van der Waals surface area contributed by atoms with Crippen molar-refractivity contribution in [3.8, 4) is 0 Å². The molecule has 0 aromatic carbocycles. The summed E-state index contributed by atoms with van der Waals surface area (Å²) in [5, 5.41) is 19.7. The van der Waals surface area contributed by atoms with Gasteiger partial charge in [-0.3, -0.25) is 0 Å². The Morgan fingerprint density at radius 1 is 1.39 bits per heavy atom. The molecule has 0 atom stereocenters. The number of thioether (sulfide) groups is 1. The summed E-state index contributed by atoms with van der Waals surface area (Å²) in [4.78, 5) is 12.9. The Hall–Kier alpha value is -0.420. The van der Waals surface area contributed by atoms with Crippen LogP contribution in [-0.4, -0.2) is 50.4 Å². The van der Waals surface area contributed by atoms with Crippen LogP contribution in [0.2, 0.25) is 0 Å². The number of hydrogen-bond acceptors (Lipinski definition) is 3. The highest BCUT2D eigenvalue weighted by molar-refractivity contribution is 7.98. The van der Waals surface area contributed by atoms with Gasteiger partial charge in [-0.25, -0.2) is 4.79 Å². The van der Waals surface area contributed by atoms with Crippen molar-refractivity contribution in [1.29, 1.82) is 0 Å². The number of amides is 1. The molecule has 0 aliphatic heterocycles. The molecule has 1 aliphatic carbocycles. The number of rotatable bonds is 3. The normalized spacial score (nSPS) is 29.1. The predicted octanol–water partition coefficient (Wildman–Crippen LogP) is 2.80. The minimum absolute atomic E-state index is 0.0321. The predicted molar refractivity (Wildman–Crippen MR) is 75.2 cm³/mol.